The molecule has 0 bridgehead atoms. The van der Waals surface area contributed by atoms with E-state index >= 15 is 8.78 Å². The maximum atomic E-state index is 16.5. The average Bonchev–Trinajstić information content (AvgIpc) is 3.10. The predicted molar refractivity (Wildman–Crippen MR) is 204 cm³/mol. The number of carbonyl (C=O) groups is 2. The average molecular weight is 756 g/mol. The van der Waals surface area contributed by atoms with Gasteiger partial charge in [0.15, 0.2) is 6.04 Å². The highest BCUT2D eigenvalue weighted by Gasteiger charge is 2.48. The van der Waals surface area contributed by atoms with Crippen LogP contribution in [0.2, 0.25) is 5.02 Å². The molecule has 2 amide bonds. The summed E-state index contributed by atoms with van der Waals surface area (Å²) >= 11 is 7.25. The molecule has 2 N–H and O–H groups in total. The molecule has 0 aromatic heterocycles. The first-order valence-corrected chi connectivity index (χ1v) is 19.7. The van der Waals surface area contributed by atoms with Crippen LogP contribution in [0.3, 0.4) is 0 Å². The fraction of sp³-hybridized carbons (Fsp3) is 0.641. The van der Waals surface area contributed by atoms with Crippen LogP contribution in [0.1, 0.15) is 112 Å². The second-order valence-corrected chi connectivity index (χ2v) is 14.9. The van der Waals surface area contributed by atoms with Crippen LogP contribution < -0.4 is 19.5 Å². The smallest absolute Gasteiger partial charge is 0.407 e. The molecule has 51 heavy (non-hydrogen) atoms. The summed E-state index contributed by atoms with van der Waals surface area (Å²) in [4.78, 5) is 28.3. The van der Waals surface area contributed by atoms with Gasteiger partial charge in [-0.05, 0) is 101 Å². The first-order chi connectivity index (χ1) is 24.3. The Morgan fingerprint density at radius 1 is 0.980 bits per heavy atom. The van der Waals surface area contributed by atoms with Crippen molar-refractivity contribution in [2.75, 3.05) is 26.3 Å². The molecule has 1 heterocycles. The standard InChI is InChI=1S/C37H54ClF2N3O5S.C2H6/c1-7-10-12-26(9-3)25-47-29-14-16-30(17-15-29)49-42-33(37(39,40)27-13-18-31(38)32(24-27)46-23-11-8-2)34(44)43-21-19-28(20-22-43)41-35(45)48-36(4,5)6;1-2/h13-18,24,26,28,33,42H,7-12,19-23,25H2,1-6H3,(H,41,45);1-2H3. The first-order valence-electron chi connectivity index (χ1n) is 18.5. The minimum absolute atomic E-state index is 0.149. The summed E-state index contributed by atoms with van der Waals surface area (Å²) in [7, 11) is 0. The van der Waals surface area contributed by atoms with Crippen LogP contribution in [0.5, 0.6) is 11.5 Å². The topological polar surface area (TPSA) is 89.1 Å². The Labute approximate surface area is 314 Å². The molecular weight excluding hydrogens is 696 g/mol. The lowest BCUT2D eigenvalue weighted by molar-refractivity contribution is -0.145. The van der Waals surface area contributed by atoms with Crippen molar-refractivity contribution in [2.45, 2.75) is 135 Å². The number of piperidine rings is 1. The van der Waals surface area contributed by atoms with Gasteiger partial charge in [0.05, 0.1) is 18.2 Å². The van der Waals surface area contributed by atoms with Gasteiger partial charge in [-0.15, -0.1) is 0 Å². The molecule has 0 spiro atoms. The highest BCUT2D eigenvalue weighted by atomic mass is 35.5. The van der Waals surface area contributed by atoms with E-state index in [1.807, 2.05) is 32.9 Å². The second kappa shape index (κ2) is 22.3. The van der Waals surface area contributed by atoms with Gasteiger partial charge >= 0.3 is 6.09 Å². The Kier molecular flexibility index (Phi) is 19.4. The van der Waals surface area contributed by atoms with Crippen LogP contribution in [0.4, 0.5) is 13.6 Å². The molecule has 1 aliphatic rings. The zero-order chi connectivity index (χ0) is 38.0. The Bertz CT molecular complexity index is 1320. The lowest BCUT2D eigenvalue weighted by Gasteiger charge is -2.36. The van der Waals surface area contributed by atoms with Crippen LogP contribution in [0.15, 0.2) is 47.4 Å². The second-order valence-electron chi connectivity index (χ2n) is 13.6. The number of halogens is 3. The highest BCUT2D eigenvalue weighted by Crippen LogP contribution is 2.39. The van der Waals surface area contributed by atoms with Gasteiger partial charge in [0.1, 0.15) is 17.1 Å². The SMILES string of the molecule is CC.CCCCOc1cc(C(F)(F)C(NSc2ccc(OCC(CC)CCCC)cc2)C(=O)N2CCC(NC(=O)OC(C)(C)C)CC2)ccc1Cl. The van der Waals surface area contributed by atoms with E-state index in [4.69, 9.17) is 25.8 Å². The zero-order valence-corrected chi connectivity index (χ0v) is 33.4. The third-order valence-electron chi connectivity index (χ3n) is 8.36. The number of rotatable bonds is 18. The molecule has 8 nitrogen and oxygen atoms in total. The predicted octanol–water partition coefficient (Wildman–Crippen LogP) is 10.4. The summed E-state index contributed by atoms with van der Waals surface area (Å²) in [5, 5.41) is 3.05. The van der Waals surface area contributed by atoms with E-state index in [0.717, 1.165) is 50.5 Å². The van der Waals surface area contributed by atoms with Gasteiger partial charge in [0.2, 0.25) is 5.91 Å². The van der Waals surface area contributed by atoms with E-state index in [1.165, 1.54) is 23.1 Å². The Balaban J connectivity index is 0.00000442. The molecular formula is C39H60ClF2N3O5S. The van der Waals surface area contributed by atoms with Crippen molar-refractivity contribution in [1.29, 1.82) is 0 Å². The summed E-state index contributed by atoms with van der Waals surface area (Å²) < 4.78 is 52.8. The quantitative estimate of drug-likeness (QED) is 0.116. The van der Waals surface area contributed by atoms with Gasteiger partial charge in [-0.1, -0.05) is 78.0 Å². The van der Waals surface area contributed by atoms with E-state index < -0.39 is 29.6 Å². The first kappa shape index (κ1) is 44.4. The summed E-state index contributed by atoms with van der Waals surface area (Å²) in [6.07, 6.45) is 6.36. The lowest BCUT2D eigenvalue weighted by atomic mass is 9.98. The van der Waals surface area contributed by atoms with Crippen LogP contribution in [-0.4, -0.2) is 60.9 Å². The molecule has 2 aromatic carbocycles. The Hall–Kier alpha value is -2.76. The normalized spacial score (nSPS) is 14.9. The fourth-order valence-corrected chi connectivity index (χ4v) is 6.29. The molecule has 1 saturated heterocycles. The maximum Gasteiger partial charge on any atom is 0.407 e. The largest absolute Gasteiger partial charge is 0.493 e. The summed E-state index contributed by atoms with van der Waals surface area (Å²) in [5.74, 6) is -3.03. The molecule has 2 atom stereocenters. The van der Waals surface area contributed by atoms with Crippen LogP contribution in [0, 0.1) is 5.92 Å². The van der Waals surface area contributed by atoms with E-state index in [2.05, 4.69) is 23.9 Å². The van der Waals surface area contributed by atoms with Crippen molar-refractivity contribution in [3.05, 3.63) is 53.1 Å². The molecule has 3 rings (SSSR count). The minimum atomic E-state index is -3.63. The van der Waals surface area contributed by atoms with Gasteiger partial charge in [0.25, 0.3) is 5.92 Å². The van der Waals surface area contributed by atoms with Crippen molar-refractivity contribution in [3.63, 3.8) is 0 Å². The zero-order valence-electron chi connectivity index (χ0n) is 31.8. The molecule has 0 radical (unpaired) electrons. The molecule has 12 heteroatoms. The van der Waals surface area contributed by atoms with E-state index in [1.54, 1.807) is 32.9 Å². The Morgan fingerprint density at radius 2 is 1.63 bits per heavy atom. The number of likely N-dealkylation sites (tertiary alicyclic amines) is 1. The van der Waals surface area contributed by atoms with E-state index in [0.29, 0.717) is 42.6 Å². The molecule has 0 saturated carbocycles. The number of ether oxygens (including phenoxy) is 3. The van der Waals surface area contributed by atoms with Crippen molar-refractivity contribution in [2.24, 2.45) is 5.92 Å². The fourth-order valence-electron chi connectivity index (χ4n) is 5.34. The number of nitrogens with one attached hydrogen (secondary N) is 2. The molecule has 288 valence electrons. The number of hydrogen-bond acceptors (Lipinski definition) is 7. The summed E-state index contributed by atoms with van der Waals surface area (Å²) in [6, 6.07) is 8.88. The third-order valence-corrected chi connectivity index (χ3v) is 9.53. The minimum Gasteiger partial charge on any atom is -0.493 e. The van der Waals surface area contributed by atoms with Crippen molar-refractivity contribution >= 4 is 35.5 Å². The van der Waals surface area contributed by atoms with E-state index in [-0.39, 0.29) is 35.5 Å². The number of hydrogen-bond donors (Lipinski definition) is 2. The van der Waals surface area contributed by atoms with Crippen molar-refractivity contribution in [1.82, 2.24) is 14.9 Å². The Morgan fingerprint density at radius 3 is 2.22 bits per heavy atom. The molecule has 0 aliphatic carbocycles. The lowest BCUT2D eigenvalue weighted by Crippen LogP contribution is -2.56. The van der Waals surface area contributed by atoms with Crippen LogP contribution in [0.25, 0.3) is 0 Å². The van der Waals surface area contributed by atoms with Gasteiger partial charge in [-0.3, -0.25) is 4.79 Å². The summed E-state index contributed by atoms with van der Waals surface area (Å²) in [6.45, 7) is 17.0. The number of carbonyl (C=O) groups excluding carboxylic acids is 2. The number of benzene rings is 2. The van der Waals surface area contributed by atoms with Crippen LogP contribution in [-0.2, 0) is 15.5 Å². The van der Waals surface area contributed by atoms with Gasteiger partial charge in [-0.25, -0.2) is 9.52 Å². The number of unbranched alkanes of at least 4 members (excludes halogenated alkanes) is 2. The molecule has 2 aromatic rings. The number of alkyl halides is 2. The van der Waals surface area contributed by atoms with E-state index in [9.17, 15) is 9.59 Å². The number of nitrogens with zero attached hydrogens (tertiary/aromatic N) is 1. The molecule has 1 fully saturated rings. The van der Waals surface area contributed by atoms with Gasteiger partial charge < -0.3 is 24.4 Å². The van der Waals surface area contributed by atoms with Crippen LogP contribution >= 0.6 is 23.5 Å². The highest BCUT2D eigenvalue weighted by molar-refractivity contribution is 7.97. The number of amides is 2. The summed E-state index contributed by atoms with van der Waals surface area (Å²) in [5.41, 5.74) is -1.03. The molecule has 2 unspecified atom stereocenters. The maximum absolute atomic E-state index is 16.5. The molecule has 1 aliphatic heterocycles. The van der Waals surface area contributed by atoms with Crippen molar-refractivity contribution < 1.29 is 32.6 Å². The van der Waals surface area contributed by atoms with Crippen molar-refractivity contribution in [3.8, 4) is 11.5 Å². The van der Waals surface area contributed by atoms with Gasteiger partial charge in [-0.2, -0.15) is 8.78 Å². The third kappa shape index (κ3) is 15.0. The number of alkyl carbamates (subject to hydrolysis) is 1. The monoisotopic (exact) mass is 755 g/mol. The van der Waals surface area contributed by atoms with Gasteiger partial charge in [0, 0.05) is 29.6 Å².